The number of benzene rings is 2. The molecule has 23 heavy (non-hydrogen) atoms. The van der Waals surface area contributed by atoms with E-state index in [1.807, 2.05) is 36.4 Å². The van der Waals surface area contributed by atoms with Crippen molar-refractivity contribution < 1.29 is 4.39 Å². The number of nitrogens with two attached hydrogens (primary N) is 1. The van der Waals surface area contributed by atoms with Crippen LogP contribution in [0.5, 0.6) is 0 Å². The Kier molecular flexibility index (Phi) is 3.05. The highest BCUT2D eigenvalue weighted by Gasteiger charge is 2.16. The van der Waals surface area contributed by atoms with Crippen molar-refractivity contribution in [2.45, 2.75) is 0 Å². The largest absolute Gasteiger partial charge is 0.368 e. The maximum atomic E-state index is 13.2. The summed E-state index contributed by atoms with van der Waals surface area (Å²) < 4.78 is 14.8. The van der Waals surface area contributed by atoms with Gasteiger partial charge >= 0.3 is 0 Å². The van der Waals surface area contributed by atoms with Crippen LogP contribution in [0.15, 0.2) is 66.9 Å². The van der Waals surface area contributed by atoms with Gasteiger partial charge in [-0.15, -0.1) is 0 Å². The number of rotatable bonds is 2. The van der Waals surface area contributed by atoms with E-state index in [2.05, 4.69) is 10.1 Å². The third-order valence-corrected chi connectivity index (χ3v) is 3.76. The molecule has 0 amide bonds. The van der Waals surface area contributed by atoms with Crippen molar-refractivity contribution in [3.05, 3.63) is 72.7 Å². The predicted molar refractivity (Wildman–Crippen MR) is 88.2 cm³/mol. The molecule has 112 valence electrons. The first-order valence-electron chi connectivity index (χ1n) is 7.18. The second-order valence-electron chi connectivity index (χ2n) is 5.20. The summed E-state index contributed by atoms with van der Waals surface area (Å²) in [6.45, 7) is 0. The van der Waals surface area contributed by atoms with Gasteiger partial charge in [-0.1, -0.05) is 42.5 Å². The molecule has 0 spiro atoms. The van der Waals surface area contributed by atoms with Gasteiger partial charge in [-0.3, -0.25) is 0 Å². The average molecular weight is 304 g/mol. The van der Waals surface area contributed by atoms with Crippen LogP contribution in [0.2, 0.25) is 0 Å². The van der Waals surface area contributed by atoms with Crippen LogP contribution < -0.4 is 5.73 Å². The lowest BCUT2D eigenvalue weighted by atomic mass is 10.0. The number of nitrogens with zero attached hydrogens (tertiary/aromatic N) is 3. The van der Waals surface area contributed by atoms with Gasteiger partial charge in [-0.2, -0.15) is 9.61 Å². The molecule has 4 rings (SSSR count). The summed E-state index contributed by atoms with van der Waals surface area (Å²) in [4.78, 5) is 4.47. The molecular formula is C18H13FN4. The van der Waals surface area contributed by atoms with Gasteiger partial charge in [0.2, 0.25) is 5.95 Å². The molecule has 0 aliphatic carbocycles. The van der Waals surface area contributed by atoms with E-state index in [0.29, 0.717) is 5.95 Å². The van der Waals surface area contributed by atoms with Crippen LogP contribution in [-0.4, -0.2) is 14.6 Å². The van der Waals surface area contributed by atoms with Crippen molar-refractivity contribution in [3.8, 4) is 22.4 Å². The van der Waals surface area contributed by atoms with Crippen molar-refractivity contribution in [2.75, 3.05) is 5.73 Å². The number of aromatic nitrogens is 3. The third kappa shape index (κ3) is 2.23. The van der Waals surface area contributed by atoms with Crippen LogP contribution in [0, 0.1) is 5.82 Å². The van der Waals surface area contributed by atoms with E-state index in [-0.39, 0.29) is 5.82 Å². The molecule has 0 fully saturated rings. The lowest BCUT2D eigenvalue weighted by molar-refractivity contribution is 0.628. The topological polar surface area (TPSA) is 56.2 Å². The zero-order valence-electron chi connectivity index (χ0n) is 12.1. The fraction of sp³-hybridized carbons (Fsp3) is 0. The molecule has 0 saturated heterocycles. The number of hydrogen-bond donors (Lipinski definition) is 1. The van der Waals surface area contributed by atoms with Crippen molar-refractivity contribution in [1.29, 1.82) is 0 Å². The molecule has 2 N–H and O–H groups in total. The van der Waals surface area contributed by atoms with Gasteiger partial charge in [0, 0.05) is 17.3 Å². The highest BCUT2D eigenvalue weighted by molar-refractivity contribution is 5.92. The zero-order chi connectivity index (χ0) is 15.8. The average Bonchev–Trinajstić information content (AvgIpc) is 2.94. The summed E-state index contributed by atoms with van der Waals surface area (Å²) in [7, 11) is 0. The maximum absolute atomic E-state index is 13.2. The molecule has 2 aromatic heterocycles. The Hall–Kier alpha value is -3.21. The molecule has 0 saturated carbocycles. The summed E-state index contributed by atoms with van der Waals surface area (Å²) in [6, 6.07) is 18.0. The van der Waals surface area contributed by atoms with E-state index in [1.165, 1.54) is 12.1 Å². The molecule has 4 nitrogen and oxygen atoms in total. The summed E-state index contributed by atoms with van der Waals surface area (Å²) in [5, 5.41) is 4.29. The predicted octanol–water partition coefficient (Wildman–Crippen LogP) is 3.78. The van der Waals surface area contributed by atoms with Crippen molar-refractivity contribution in [3.63, 3.8) is 0 Å². The molecule has 0 aliphatic heterocycles. The lowest BCUT2D eigenvalue weighted by Crippen LogP contribution is -1.98. The number of hydrogen-bond acceptors (Lipinski definition) is 3. The second kappa shape index (κ2) is 5.21. The van der Waals surface area contributed by atoms with E-state index in [1.54, 1.807) is 22.8 Å². The van der Waals surface area contributed by atoms with Crippen LogP contribution in [0.3, 0.4) is 0 Å². The number of fused-ring (bicyclic) bond motifs is 1. The van der Waals surface area contributed by atoms with Crippen LogP contribution >= 0.6 is 0 Å². The first kappa shape index (κ1) is 13.5. The number of anilines is 1. The Balaban J connectivity index is 2.04. The summed E-state index contributed by atoms with van der Waals surface area (Å²) >= 11 is 0. The second-order valence-corrected chi connectivity index (χ2v) is 5.20. The molecule has 2 heterocycles. The van der Waals surface area contributed by atoms with Crippen molar-refractivity contribution in [1.82, 2.24) is 14.6 Å². The minimum atomic E-state index is -0.268. The van der Waals surface area contributed by atoms with Gasteiger partial charge in [-0.25, -0.2) is 9.37 Å². The van der Waals surface area contributed by atoms with E-state index >= 15 is 0 Å². The lowest BCUT2D eigenvalue weighted by Gasteiger charge is -2.06. The Morgan fingerprint density at radius 1 is 0.870 bits per heavy atom. The highest BCUT2D eigenvalue weighted by atomic mass is 19.1. The maximum Gasteiger partial charge on any atom is 0.222 e. The van der Waals surface area contributed by atoms with Gasteiger partial charge in [0.05, 0.1) is 0 Å². The van der Waals surface area contributed by atoms with E-state index < -0.39 is 0 Å². The number of imidazole rings is 1. The Bertz CT molecular complexity index is 975. The Labute approximate surface area is 132 Å². The Morgan fingerprint density at radius 2 is 1.61 bits per heavy atom. The first-order valence-corrected chi connectivity index (χ1v) is 7.18. The molecule has 5 heteroatoms. The van der Waals surface area contributed by atoms with Crippen LogP contribution in [-0.2, 0) is 0 Å². The molecule has 2 aromatic carbocycles. The molecule has 0 radical (unpaired) electrons. The minimum Gasteiger partial charge on any atom is -0.368 e. The monoisotopic (exact) mass is 304 g/mol. The highest BCUT2D eigenvalue weighted by Crippen LogP contribution is 2.33. The molecule has 0 bridgehead atoms. The van der Waals surface area contributed by atoms with Crippen molar-refractivity contribution >= 4 is 11.5 Å². The summed E-state index contributed by atoms with van der Waals surface area (Å²) in [6.07, 6.45) is 1.67. The van der Waals surface area contributed by atoms with Gasteiger partial charge < -0.3 is 5.73 Å². The molecule has 0 aliphatic rings. The Morgan fingerprint density at radius 3 is 2.35 bits per heavy atom. The third-order valence-electron chi connectivity index (χ3n) is 3.76. The quantitative estimate of drug-likeness (QED) is 0.613. The van der Waals surface area contributed by atoms with Gasteiger partial charge in [-0.05, 0) is 23.8 Å². The fourth-order valence-electron chi connectivity index (χ4n) is 2.70. The van der Waals surface area contributed by atoms with Crippen LogP contribution in [0.1, 0.15) is 0 Å². The SMILES string of the molecule is Nc1nc(-c2ccccc2)c2c(-c3ccc(F)cc3)ccnn12. The fourth-order valence-corrected chi connectivity index (χ4v) is 2.70. The first-order chi connectivity index (χ1) is 11.2. The zero-order valence-corrected chi connectivity index (χ0v) is 12.1. The van der Waals surface area contributed by atoms with E-state index in [9.17, 15) is 4.39 Å². The smallest absolute Gasteiger partial charge is 0.222 e. The van der Waals surface area contributed by atoms with Gasteiger partial charge in [0.15, 0.2) is 0 Å². The van der Waals surface area contributed by atoms with Crippen LogP contribution in [0.25, 0.3) is 27.9 Å². The number of halogens is 1. The van der Waals surface area contributed by atoms with E-state index in [4.69, 9.17) is 5.73 Å². The van der Waals surface area contributed by atoms with Gasteiger partial charge in [0.25, 0.3) is 0 Å². The standard InChI is InChI=1S/C18H13FN4/c19-14-8-6-12(7-9-14)15-10-11-21-23-17(15)16(22-18(23)20)13-4-2-1-3-5-13/h1-11H,(H2,20,22). The normalized spacial score (nSPS) is 11.0. The summed E-state index contributed by atoms with van der Waals surface area (Å²) in [5.74, 6) is 0.0537. The van der Waals surface area contributed by atoms with Gasteiger partial charge in [0.1, 0.15) is 17.0 Å². The molecule has 0 atom stereocenters. The molecular weight excluding hydrogens is 291 g/mol. The minimum absolute atomic E-state index is 0.268. The van der Waals surface area contributed by atoms with E-state index in [0.717, 1.165) is 27.9 Å². The summed E-state index contributed by atoms with van der Waals surface area (Å²) in [5.41, 5.74) is 10.3. The number of nitrogen functional groups attached to an aromatic ring is 1. The molecule has 4 aromatic rings. The molecule has 0 unspecified atom stereocenters. The van der Waals surface area contributed by atoms with Crippen LogP contribution in [0.4, 0.5) is 10.3 Å². The van der Waals surface area contributed by atoms with Crippen molar-refractivity contribution in [2.24, 2.45) is 0 Å².